The molecule has 0 aliphatic heterocycles. The fraction of sp³-hybridized carbons (Fsp3) is 0.316. The Morgan fingerprint density at radius 2 is 2.17 bits per heavy atom. The molecule has 1 N–H and O–H groups in total. The van der Waals surface area contributed by atoms with Gasteiger partial charge in [0, 0.05) is 34.6 Å². The van der Waals surface area contributed by atoms with E-state index in [0.717, 1.165) is 29.4 Å². The van der Waals surface area contributed by atoms with Gasteiger partial charge in [-0.25, -0.2) is 0 Å². The molecule has 24 heavy (non-hydrogen) atoms. The van der Waals surface area contributed by atoms with Crippen LogP contribution in [0.25, 0.3) is 10.9 Å². The Bertz CT molecular complexity index is 858. The van der Waals surface area contributed by atoms with Crippen molar-refractivity contribution in [3.05, 3.63) is 57.7 Å². The minimum atomic E-state index is -0.0456. The predicted octanol–water partition coefficient (Wildman–Crippen LogP) is 3.92. The van der Waals surface area contributed by atoms with Crippen molar-refractivity contribution < 1.29 is 4.79 Å². The Hall–Kier alpha value is -2.27. The SMILES string of the molecule is CCc1ccc2nc(C)cc(C(=O)N[C@H](C)Cc3cncs3)c2c1. The maximum Gasteiger partial charge on any atom is 0.252 e. The largest absolute Gasteiger partial charge is 0.349 e. The van der Waals surface area contributed by atoms with Crippen LogP contribution in [-0.4, -0.2) is 21.9 Å². The molecule has 2 aromatic heterocycles. The highest BCUT2D eigenvalue weighted by Crippen LogP contribution is 2.21. The Morgan fingerprint density at radius 3 is 2.88 bits per heavy atom. The quantitative estimate of drug-likeness (QED) is 0.766. The number of thiazole rings is 1. The van der Waals surface area contributed by atoms with Crippen molar-refractivity contribution in [1.82, 2.24) is 15.3 Å². The topological polar surface area (TPSA) is 54.9 Å². The van der Waals surface area contributed by atoms with Crippen LogP contribution < -0.4 is 5.32 Å². The van der Waals surface area contributed by atoms with Gasteiger partial charge in [-0.05, 0) is 44.0 Å². The Kier molecular flexibility index (Phi) is 4.90. The number of amides is 1. The van der Waals surface area contributed by atoms with E-state index in [2.05, 4.69) is 34.3 Å². The average Bonchev–Trinajstić information content (AvgIpc) is 3.06. The zero-order valence-corrected chi connectivity index (χ0v) is 15.0. The van der Waals surface area contributed by atoms with Crippen molar-refractivity contribution in [2.75, 3.05) is 0 Å². The van der Waals surface area contributed by atoms with E-state index in [1.54, 1.807) is 11.3 Å². The minimum Gasteiger partial charge on any atom is -0.349 e. The van der Waals surface area contributed by atoms with E-state index in [1.165, 1.54) is 10.4 Å². The van der Waals surface area contributed by atoms with Crippen LogP contribution in [-0.2, 0) is 12.8 Å². The molecule has 0 spiro atoms. The highest BCUT2D eigenvalue weighted by Gasteiger charge is 2.15. The summed E-state index contributed by atoms with van der Waals surface area (Å²) in [5.41, 5.74) is 5.44. The molecule has 0 fully saturated rings. The molecule has 0 radical (unpaired) electrons. The first-order valence-electron chi connectivity index (χ1n) is 8.15. The van der Waals surface area contributed by atoms with Gasteiger partial charge in [-0.15, -0.1) is 11.3 Å². The molecule has 3 rings (SSSR count). The summed E-state index contributed by atoms with van der Waals surface area (Å²) in [5, 5.41) is 4.02. The molecule has 0 saturated heterocycles. The summed E-state index contributed by atoms with van der Waals surface area (Å²) in [4.78, 5) is 22.6. The summed E-state index contributed by atoms with van der Waals surface area (Å²) in [5.74, 6) is -0.0456. The molecule has 0 aliphatic rings. The number of nitrogens with zero attached hydrogens (tertiary/aromatic N) is 2. The third-order valence-electron chi connectivity index (χ3n) is 4.02. The van der Waals surface area contributed by atoms with E-state index >= 15 is 0 Å². The average molecular weight is 339 g/mol. The Morgan fingerprint density at radius 1 is 1.33 bits per heavy atom. The van der Waals surface area contributed by atoms with E-state index in [4.69, 9.17) is 0 Å². The normalized spacial score (nSPS) is 12.3. The number of hydrogen-bond donors (Lipinski definition) is 1. The van der Waals surface area contributed by atoms with Crippen LogP contribution in [0.15, 0.2) is 36.0 Å². The molecule has 124 valence electrons. The first kappa shape index (κ1) is 16.6. The van der Waals surface area contributed by atoms with Crippen molar-refractivity contribution in [2.45, 2.75) is 39.7 Å². The smallest absolute Gasteiger partial charge is 0.252 e. The second-order valence-corrected chi connectivity index (χ2v) is 7.03. The molecule has 3 aromatic rings. The van der Waals surface area contributed by atoms with Gasteiger partial charge in [-0.2, -0.15) is 0 Å². The van der Waals surface area contributed by atoms with Gasteiger partial charge in [0.2, 0.25) is 0 Å². The molecule has 0 bridgehead atoms. The number of aryl methyl sites for hydroxylation is 2. The zero-order valence-electron chi connectivity index (χ0n) is 14.2. The summed E-state index contributed by atoms with van der Waals surface area (Å²) in [7, 11) is 0. The van der Waals surface area contributed by atoms with Crippen LogP contribution in [0.3, 0.4) is 0 Å². The van der Waals surface area contributed by atoms with Gasteiger partial charge in [0.25, 0.3) is 5.91 Å². The summed E-state index contributed by atoms with van der Waals surface area (Å²) in [6, 6.07) is 8.07. The Labute approximate surface area is 146 Å². The number of rotatable bonds is 5. The van der Waals surface area contributed by atoms with Crippen LogP contribution >= 0.6 is 11.3 Å². The number of hydrogen-bond acceptors (Lipinski definition) is 4. The van der Waals surface area contributed by atoms with E-state index < -0.39 is 0 Å². The lowest BCUT2D eigenvalue weighted by molar-refractivity contribution is 0.0941. The third kappa shape index (κ3) is 3.62. The van der Waals surface area contributed by atoms with Crippen LogP contribution in [0.1, 0.15) is 40.3 Å². The zero-order chi connectivity index (χ0) is 17.1. The van der Waals surface area contributed by atoms with E-state index in [9.17, 15) is 4.79 Å². The number of carbonyl (C=O) groups is 1. The van der Waals surface area contributed by atoms with Gasteiger partial charge in [-0.3, -0.25) is 14.8 Å². The van der Waals surface area contributed by atoms with Crippen LogP contribution in [0.5, 0.6) is 0 Å². The highest BCUT2D eigenvalue weighted by atomic mass is 32.1. The van der Waals surface area contributed by atoms with E-state index in [-0.39, 0.29) is 11.9 Å². The maximum absolute atomic E-state index is 12.8. The molecular formula is C19H21N3OS. The van der Waals surface area contributed by atoms with Crippen molar-refractivity contribution >= 4 is 28.1 Å². The fourth-order valence-electron chi connectivity index (χ4n) is 2.81. The molecule has 0 unspecified atom stereocenters. The first-order valence-corrected chi connectivity index (χ1v) is 9.03. The molecule has 1 atom stereocenters. The maximum atomic E-state index is 12.8. The highest BCUT2D eigenvalue weighted by molar-refractivity contribution is 7.09. The number of aromatic nitrogens is 2. The lowest BCUT2D eigenvalue weighted by atomic mass is 10.0. The van der Waals surface area contributed by atoms with Gasteiger partial charge in [0.05, 0.1) is 16.6 Å². The lowest BCUT2D eigenvalue weighted by Gasteiger charge is -2.15. The summed E-state index contributed by atoms with van der Waals surface area (Å²) in [6.07, 6.45) is 3.58. The number of nitrogens with one attached hydrogen (secondary N) is 1. The standard InChI is InChI=1S/C19H21N3OS/c1-4-14-5-6-18-16(9-14)17(8-13(3)21-18)19(23)22-12(2)7-15-10-20-11-24-15/h5-6,8-12H,4,7H2,1-3H3,(H,22,23)/t12-/m1/s1. The first-order chi connectivity index (χ1) is 11.6. The number of benzene rings is 1. The van der Waals surface area contributed by atoms with E-state index in [1.807, 2.05) is 37.7 Å². The molecule has 2 heterocycles. The molecule has 1 aromatic carbocycles. The molecule has 0 aliphatic carbocycles. The summed E-state index contributed by atoms with van der Waals surface area (Å²) < 4.78 is 0. The number of carbonyl (C=O) groups excluding carboxylic acids is 1. The molecule has 4 nitrogen and oxygen atoms in total. The molecular weight excluding hydrogens is 318 g/mol. The van der Waals surface area contributed by atoms with Crippen molar-refractivity contribution in [3.8, 4) is 0 Å². The van der Waals surface area contributed by atoms with Crippen LogP contribution in [0, 0.1) is 6.92 Å². The minimum absolute atomic E-state index is 0.0456. The van der Waals surface area contributed by atoms with Crippen LogP contribution in [0.4, 0.5) is 0 Å². The van der Waals surface area contributed by atoms with Gasteiger partial charge in [0.1, 0.15) is 0 Å². The van der Waals surface area contributed by atoms with Gasteiger partial charge in [-0.1, -0.05) is 13.0 Å². The van der Waals surface area contributed by atoms with Crippen molar-refractivity contribution in [1.29, 1.82) is 0 Å². The number of pyridine rings is 1. The van der Waals surface area contributed by atoms with Crippen LogP contribution in [0.2, 0.25) is 0 Å². The lowest BCUT2D eigenvalue weighted by Crippen LogP contribution is -2.34. The van der Waals surface area contributed by atoms with Crippen molar-refractivity contribution in [3.63, 3.8) is 0 Å². The Balaban J connectivity index is 1.88. The monoisotopic (exact) mass is 339 g/mol. The van der Waals surface area contributed by atoms with Crippen molar-refractivity contribution in [2.24, 2.45) is 0 Å². The molecule has 0 saturated carbocycles. The molecule has 5 heteroatoms. The van der Waals surface area contributed by atoms with E-state index in [0.29, 0.717) is 5.56 Å². The summed E-state index contributed by atoms with van der Waals surface area (Å²) >= 11 is 1.61. The summed E-state index contributed by atoms with van der Waals surface area (Å²) in [6.45, 7) is 6.05. The second kappa shape index (κ2) is 7.09. The predicted molar refractivity (Wildman–Crippen MR) is 98.6 cm³/mol. The third-order valence-corrected chi connectivity index (χ3v) is 4.82. The van der Waals surface area contributed by atoms with Gasteiger partial charge < -0.3 is 5.32 Å². The van der Waals surface area contributed by atoms with Gasteiger partial charge >= 0.3 is 0 Å². The molecule has 1 amide bonds. The fourth-order valence-corrected chi connectivity index (χ4v) is 3.54. The van der Waals surface area contributed by atoms with Gasteiger partial charge in [0.15, 0.2) is 0 Å². The second-order valence-electron chi connectivity index (χ2n) is 6.06. The number of fused-ring (bicyclic) bond motifs is 1.